The van der Waals surface area contributed by atoms with Crippen LogP contribution < -0.4 is 0 Å². The highest BCUT2D eigenvalue weighted by molar-refractivity contribution is 9.10. The fraction of sp³-hybridized carbons (Fsp3) is 0.333. The van der Waals surface area contributed by atoms with E-state index in [9.17, 15) is 5.11 Å². The third kappa shape index (κ3) is 3.61. The van der Waals surface area contributed by atoms with Gasteiger partial charge in [0.25, 0.3) is 0 Å². The Morgan fingerprint density at radius 2 is 1.84 bits per heavy atom. The fourth-order valence-electron chi connectivity index (χ4n) is 2.04. The van der Waals surface area contributed by atoms with Crippen LogP contribution in [0.1, 0.15) is 22.5 Å². The molecule has 0 radical (unpaired) electrons. The largest absolute Gasteiger partial charge is 0.508 e. The minimum atomic E-state index is 0.357. The number of nitrogens with zero attached hydrogens (tertiary/aromatic N) is 1. The Morgan fingerprint density at radius 3 is 2.47 bits per heavy atom. The summed E-state index contributed by atoms with van der Waals surface area (Å²) in [5.74, 6) is 1.26. The summed E-state index contributed by atoms with van der Waals surface area (Å²) in [6.07, 6.45) is 0. The second-order valence-corrected chi connectivity index (χ2v) is 5.72. The minimum absolute atomic E-state index is 0.357. The molecule has 1 aromatic carbocycles. The van der Waals surface area contributed by atoms with Gasteiger partial charge >= 0.3 is 0 Å². The smallest absolute Gasteiger partial charge is 0.169 e. The van der Waals surface area contributed by atoms with Crippen LogP contribution in [0.15, 0.2) is 33.4 Å². The molecule has 0 aliphatic carbocycles. The molecule has 0 unspecified atom stereocenters. The number of aromatic hydroxyl groups is 1. The Morgan fingerprint density at radius 1 is 1.16 bits per heavy atom. The molecular weight excluding hydrogens is 306 g/mol. The molecule has 3 nitrogen and oxygen atoms in total. The van der Waals surface area contributed by atoms with Crippen LogP contribution in [-0.4, -0.2) is 17.1 Å². The zero-order chi connectivity index (χ0) is 14.0. The van der Waals surface area contributed by atoms with Crippen molar-refractivity contribution in [2.75, 3.05) is 7.05 Å². The summed E-state index contributed by atoms with van der Waals surface area (Å²) in [7, 11) is 2.01. The summed E-state index contributed by atoms with van der Waals surface area (Å²) < 4.78 is 6.22. The number of furan rings is 1. The monoisotopic (exact) mass is 323 g/mol. The Hall–Kier alpha value is -1.26. The van der Waals surface area contributed by atoms with Crippen molar-refractivity contribution in [1.82, 2.24) is 4.90 Å². The van der Waals surface area contributed by atoms with E-state index in [0.717, 1.165) is 21.6 Å². The Balaban J connectivity index is 2.06. The molecule has 0 saturated heterocycles. The molecule has 0 aliphatic heterocycles. The Bertz CT molecular complexity index is 578. The van der Waals surface area contributed by atoms with E-state index in [1.807, 2.05) is 38.2 Å². The average Bonchev–Trinajstić information content (AvgIpc) is 2.71. The van der Waals surface area contributed by atoms with Crippen molar-refractivity contribution >= 4 is 15.9 Å². The molecule has 102 valence electrons. The predicted octanol–water partition coefficient (Wildman–Crippen LogP) is 4.00. The van der Waals surface area contributed by atoms with Gasteiger partial charge < -0.3 is 9.52 Å². The maximum Gasteiger partial charge on any atom is 0.169 e. The molecule has 0 spiro atoms. The fourth-order valence-corrected chi connectivity index (χ4v) is 2.38. The number of phenols is 1. The lowest BCUT2D eigenvalue weighted by Crippen LogP contribution is -2.17. The maximum atomic E-state index is 9.98. The molecule has 0 fully saturated rings. The highest BCUT2D eigenvalue weighted by Crippen LogP contribution is 2.24. The van der Waals surface area contributed by atoms with Crippen LogP contribution in [0.25, 0.3) is 0 Å². The number of hydrogen-bond acceptors (Lipinski definition) is 3. The van der Waals surface area contributed by atoms with Gasteiger partial charge in [0, 0.05) is 12.1 Å². The quantitative estimate of drug-likeness (QED) is 0.924. The topological polar surface area (TPSA) is 36.6 Å². The van der Waals surface area contributed by atoms with Gasteiger partial charge in [-0.15, -0.1) is 0 Å². The predicted molar refractivity (Wildman–Crippen MR) is 79.2 cm³/mol. The Kier molecular flexibility index (Phi) is 4.32. The molecule has 0 atom stereocenters. The first-order chi connectivity index (χ1) is 8.95. The van der Waals surface area contributed by atoms with Crippen LogP contribution in [0.2, 0.25) is 0 Å². The average molecular weight is 324 g/mol. The van der Waals surface area contributed by atoms with Crippen molar-refractivity contribution in [3.8, 4) is 5.75 Å². The van der Waals surface area contributed by atoms with Crippen LogP contribution in [0.5, 0.6) is 5.75 Å². The van der Waals surface area contributed by atoms with E-state index in [1.54, 1.807) is 0 Å². The van der Waals surface area contributed by atoms with Crippen molar-refractivity contribution < 1.29 is 9.52 Å². The molecule has 0 aliphatic rings. The van der Waals surface area contributed by atoms with E-state index in [1.165, 1.54) is 5.56 Å². The van der Waals surface area contributed by atoms with E-state index >= 15 is 0 Å². The number of phenolic OH excluding ortho intramolecular Hbond substituents is 1. The van der Waals surface area contributed by atoms with Crippen LogP contribution in [0, 0.1) is 13.8 Å². The molecule has 1 N–H and O–H groups in total. The van der Waals surface area contributed by atoms with Crippen molar-refractivity contribution in [2.45, 2.75) is 26.9 Å². The first-order valence-electron chi connectivity index (χ1n) is 6.17. The van der Waals surface area contributed by atoms with Crippen LogP contribution in [-0.2, 0) is 13.1 Å². The maximum absolute atomic E-state index is 9.98. The number of benzene rings is 1. The molecular formula is C15H18BrNO2. The number of rotatable bonds is 4. The normalized spacial score (nSPS) is 11.2. The first kappa shape index (κ1) is 14.2. The second-order valence-electron chi connectivity index (χ2n) is 4.94. The summed E-state index contributed by atoms with van der Waals surface area (Å²) in [5, 5.41) is 9.98. The first-order valence-corrected chi connectivity index (χ1v) is 6.97. The van der Waals surface area contributed by atoms with E-state index in [-0.39, 0.29) is 0 Å². The van der Waals surface area contributed by atoms with E-state index < -0.39 is 0 Å². The highest BCUT2D eigenvalue weighted by atomic mass is 79.9. The summed E-state index contributed by atoms with van der Waals surface area (Å²) in [6.45, 7) is 5.45. The third-order valence-electron chi connectivity index (χ3n) is 3.19. The summed E-state index contributed by atoms with van der Waals surface area (Å²) >= 11 is 3.29. The SMILES string of the molecule is Cc1cc(O)c(CN(C)Cc2ccc(Br)o2)cc1C. The summed E-state index contributed by atoms with van der Waals surface area (Å²) in [5.41, 5.74) is 3.25. The zero-order valence-electron chi connectivity index (χ0n) is 11.4. The molecule has 0 saturated carbocycles. The van der Waals surface area contributed by atoms with Gasteiger partial charge in [-0.1, -0.05) is 6.07 Å². The van der Waals surface area contributed by atoms with E-state index in [4.69, 9.17) is 4.42 Å². The highest BCUT2D eigenvalue weighted by Gasteiger charge is 2.09. The molecule has 1 aromatic heterocycles. The van der Waals surface area contributed by atoms with Crippen LogP contribution in [0.4, 0.5) is 0 Å². The van der Waals surface area contributed by atoms with Crippen molar-refractivity contribution in [3.63, 3.8) is 0 Å². The van der Waals surface area contributed by atoms with Crippen LogP contribution in [0.3, 0.4) is 0 Å². The minimum Gasteiger partial charge on any atom is -0.508 e. The van der Waals surface area contributed by atoms with Crippen molar-refractivity contribution in [2.24, 2.45) is 0 Å². The zero-order valence-corrected chi connectivity index (χ0v) is 13.0. The molecule has 0 amide bonds. The lowest BCUT2D eigenvalue weighted by molar-refractivity contribution is 0.281. The molecule has 19 heavy (non-hydrogen) atoms. The second kappa shape index (κ2) is 5.80. The number of aryl methyl sites for hydroxylation is 2. The van der Waals surface area contributed by atoms with Gasteiger partial charge in [-0.05, 0) is 66.2 Å². The van der Waals surface area contributed by atoms with E-state index in [2.05, 4.69) is 27.8 Å². The molecule has 2 rings (SSSR count). The van der Waals surface area contributed by atoms with Gasteiger partial charge in [0.1, 0.15) is 11.5 Å². The van der Waals surface area contributed by atoms with Crippen molar-refractivity contribution in [1.29, 1.82) is 0 Å². The number of hydrogen-bond donors (Lipinski definition) is 1. The number of halogens is 1. The third-order valence-corrected chi connectivity index (χ3v) is 3.62. The van der Waals surface area contributed by atoms with E-state index in [0.29, 0.717) is 18.8 Å². The van der Waals surface area contributed by atoms with Gasteiger partial charge in [-0.3, -0.25) is 4.90 Å². The summed E-state index contributed by atoms with van der Waals surface area (Å²) in [6, 6.07) is 7.69. The van der Waals surface area contributed by atoms with Gasteiger partial charge in [0.15, 0.2) is 4.67 Å². The lowest BCUT2D eigenvalue weighted by atomic mass is 10.0. The van der Waals surface area contributed by atoms with Gasteiger partial charge in [0.2, 0.25) is 0 Å². The molecule has 1 heterocycles. The van der Waals surface area contributed by atoms with Gasteiger partial charge in [0.05, 0.1) is 6.54 Å². The standard InChI is InChI=1S/C15H18BrNO2/c1-10-6-12(14(18)7-11(10)2)8-17(3)9-13-4-5-15(16)19-13/h4-7,18H,8-9H2,1-3H3. The van der Waals surface area contributed by atoms with Gasteiger partial charge in [-0.25, -0.2) is 0 Å². The molecule has 0 bridgehead atoms. The van der Waals surface area contributed by atoms with Gasteiger partial charge in [-0.2, -0.15) is 0 Å². The molecule has 4 heteroatoms. The van der Waals surface area contributed by atoms with Crippen molar-refractivity contribution in [3.05, 3.63) is 51.4 Å². The Labute approximate surface area is 122 Å². The van der Waals surface area contributed by atoms with Crippen LogP contribution >= 0.6 is 15.9 Å². The lowest BCUT2D eigenvalue weighted by Gasteiger charge is -2.17. The molecule has 2 aromatic rings. The summed E-state index contributed by atoms with van der Waals surface area (Å²) in [4.78, 5) is 2.11.